The van der Waals surface area contributed by atoms with E-state index < -0.39 is 9.84 Å². The van der Waals surface area contributed by atoms with E-state index in [4.69, 9.17) is 9.47 Å². The van der Waals surface area contributed by atoms with Crippen molar-refractivity contribution in [2.75, 3.05) is 39.3 Å². The molecule has 8 nitrogen and oxygen atoms in total. The predicted octanol–water partition coefficient (Wildman–Crippen LogP) is 0.479. The molecule has 1 atom stereocenters. The molecule has 0 saturated carbocycles. The molecule has 1 aliphatic heterocycles. The molecule has 1 fully saturated rings. The van der Waals surface area contributed by atoms with Crippen molar-refractivity contribution < 1.29 is 27.5 Å². The van der Waals surface area contributed by atoms with E-state index in [1.165, 1.54) is 32.2 Å². The summed E-state index contributed by atoms with van der Waals surface area (Å²) in [6, 6.07) is 4.86. The van der Waals surface area contributed by atoms with Crippen molar-refractivity contribution >= 4 is 27.7 Å². The Morgan fingerprint density at radius 1 is 1.26 bits per heavy atom. The lowest BCUT2D eigenvalue weighted by atomic mass is 10.2. The highest BCUT2D eigenvalue weighted by atomic mass is 32.2. The summed E-state index contributed by atoms with van der Waals surface area (Å²) in [7, 11) is 1.51. The van der Waals surface area contributed by atoms with Crippen molar-refractivity contribution in [2.24, 2.45) is 0 Å². The van der Waals surface area contributed by atoms with Gasteiger partial charge in [-0.05, 0) is 30.2 Å². The zero-order valence-electron chi connectivity index (χ0n) is 15.6. The van der Waals surface area contributed by atoms with Crippen LogP contribution in [0.5, 0.6) is 11.5 Å². The van der Waals surface area contributed by atoms with Crippen molar-refractivity contribution in [3.8, 4) is 11.5 Å². The fraction of sp³-hybridized carbons (Fsp3) is 0.444. The van der Waals surface area contributed by atoms with Crippen LogP contribution in [0.15, 0.2) is 24.3 Å². The minimum Gasteiger partial charge on any atom is -0.493 e. The van der Waals surface area contributed by atoms with E-state index >= 15 is 0 Å². The number of nitrogens with one attached hydrogen (secondary N) is 1. The average Bonchev–Trinajstić information content (AvgIpc) is 2.97. The summed E-state index contributed by atoms with van der Waals surface area (Å²) in [4.78, 5) is 25.4. The Bertz CT molecular complexity index is 834. The molecule has 1 aromatic carbocycles. The normalized spacial score (nSPS) is 18.3. The van der Waals surface area contributed by atoms with E-state index in [0.29, 0.717) is 17.9 Å². The topological polar surface area (TPSA) is 102 Å². The fourth-order valence-electron chi connectivity index (χ4n) is 2.73. The molecule has 0 aliphatic carbocycles. The number of hydrogen-bond donors (Lipinski definition) is 1. The van der Waals surface area contributed by atoms with Crippen LogP contribution >= 0.6 is 0 Å². The Balaban J connectivity index is 1.89. The van der Waals surface area contributed by atoms with Crippen molar-refractivity contribution in [1.29, 1.82) is 0 Å². The Kier molecular flexibility index (Phi) is 6.84. The molecular weight excluding hydrogens is 372 g/mol. The van der Waals surface area contributed by atoms with E-state index in [1.807, 2.05) is 0 Å². The number of ether oxygens (including phenoxy) is 2. The van der Waals surface area contributed by atoms with Gasteiger partial charge >= 0.3 is 0 Å². The zero-order valence-corrected chi connectivity index (χ0v) is 16.4. The first-order chi connectivity index (χ1) is 12.7. The average molecular weight is 396 g/mol. The van der Waals surface area contributed by atoms with Crippen LogP contribution in [0.3, 0.4) is 0 Å². The quantitative estimate of drug-likeness (QED) is 0.673. The molecule has 1 heterocycles. The monoisotopic (exact) mass is 396 g/mol. The van der Waals surface area contributed by atoms with Gasteiger partial charge in [-0.1, -0.05) is 6.07 Å². The number of carbonyl (C=O) groups excluding carboxylic acids is 2. The first kappa shape index (κ1) is 20.8. The summed E-state index contributed by atoms with van der Waals surface area (Å²) in [6.45, 7) is -0.147. The number of sulfone groups is 1. The highest BCUT2D eigenvalue weighted by Crippen LogP contribution is 2.27. The standard InChI is InChI=1S/C18H24N2O6S/c1-20(11-17(21)19-14-8-9-27(23,24)12-14)18(22)7-5-13-4-6-15(25-2)16(10-13)26-3/h4-7,10,14H,8-9,11-12H2,1-3H3,(H,19,21)/b7-5+/t14-/m0/s1. The second kappa shape index (κ2) is 8.90. The van der Waals surface area contributed by atoms with E-state index in [-0.39, 0.29) is 35.9 Å². The van der Waals surface area contributed by atoms with Crippen molar-refractivity contribution in [2.45, 2.75) is 12.5 Å². The van der Waals surface area contributed by atoms with Gasteiger partial charge < -0.3 is 19.7 Å². The number of benzene rings is 1. The third-order valence-corrected chi connectivity index (χ3v) is 5.95. The molecule has 1 N–H and O–H groups in total. The lowest BCUT2D eigenvalue weighted by Gasteiger charge is -2.17. The third kappa shape index (κ3) is 5.99. The van der Waals surface area contributed by atoms with Gasteiger partial charge in [0.05, 0.1) is 32.3 Å². The Morgan fingerprint density at radius 2 is 1.96 bits per heavy atom. The van der Waals surface area contributed by atoms with Crippen LogP contribution in [0.25, 0.3) is 6.08 Å². The minimum absolute atomic E-state index is 0.0460. The summed E-state index contributed by atoms with van der Waals surface area (Å²) in [6.07, 6.45) is 3.38. The second-order valence-electron chi connectivity index (χ2n) is 6.31. The molecule has 2 rings (SSSR count). The molecule has 1 aliphatic rings. The molecule has 0 bridgehead atoms. The smallest absolute Gasteiger partial charge is 0.246 e. The predicted molar refractivity (Wildman–Crippen MR) is 101 cm³/mol. The number of methoxy groups -OCH3 is 2. The number of nitrogens with zero attached hydrogens (tertiary/aromatic N) is 1. The van der Waals surface area contributed by atoms with E-state index in [2.05, 4.69) is 5.32 Å². The SMILES string of the molecule is COc1ccc(/C=C/C(=O)N(C)CC(=O)N[C@H]2CCS(=O)(=O)C2)cc1OC. The number of rotatable bonds is 7. The van der Waals surface area contributed by atoms with Gasteiger partial charge in [-0.25, -0.2) is 8.42 Å². The molecule has 148 valence electrons. The van der Waals surface area contributed by atoms with Gasteiger partial charge in [0.1, 0.15) is 0 Å². The lowest BCUT2D eigenvalue weighted by Crippen LogP contribution is -2.42. The van der Waals surface area contributed by atoms with Crippen LogP contribution in [0.1, 0.15) is 12.0 Å². The van der Waals surface area contributed by atoms with Gasteiger partial charge in [-0.3, -0.25) is 9.59 Å². The molecule has 1 aromatic rings. The summed E-state index contributed by atoms with van der Waals surface area (Å²) in [5, 5.41) is 2.66. The van der Waals surface area contributed by atoms with Crippen LogP contribution in [-0.2, 0) is 19.4 Å². The first-order valence-electron chi connectivity index (χ1n) is 8.39. The van der Waals surface area contributed by atoms with Gasteiger partial charge in [0.25, 0.3) is 0 Å². The number of likely N-dealkylation sites (N-methyl/N-ethyl adjacent to an activating group) is 1. The Morgan fingerprint density at radius 3 is 2.56 bits per heavy atom. The van der Waals surface area contributed by atoms with Crippen LogP contribution < -0.4 is 14.8 Å². The van der Waals surface area contributed by atoms with Crippen molar-refractivity contribution in [3.63, 3.8) is 0 Å². The van der Waals surface area contributed by atoms with E-state index in [0.717, 1.165) is 5.56 Å². The first-order valence-corrected chi connectivity index (χ1v) is 10.2. The highest BCUT2D eigenvalue weighted by molar-refractivity contribution is 7.91. The van der Waals surface area contributed by atoms with E-state index in [1.54, 1.807) is 24.3 Å². The largest absolute Gasteiger partial charge is 0.493 e. The van der Waals surface area contributed by atoms with Crippen LogP contribution in [0, 0.1) is 0 Å². The molecule has 2 amide bonds. The Labute approximate surface area is 159 Å². The molecule has 0 spiro atoms. The molecule has 1 saturated heterocycles. The van der Waals surface area contributed by atoms with Gasteiger partial charge in [-0.2, -0.15) is 0 Å². The maximum absolute atomic E-state index is 12.2. The summed E-state index contributed by atoms with van der Waals surface area (Å²) in [5.41, 5.74) is 0.745. The third-order valence-electron chi connectivity index (χ3n) is 4.18. The van der Waals surface area contributed by atoms with Gasteiger partial charge in [0.15, 0.2) is 21.3 Å². The van der Waals surface area contributed by atoms with Gasteiger partial charge in [0.2, 0.25) is 11.8 Å². The van der Waals surface area contributed by atoms with Crippen LogP contribution in [0.4, 0.5) is 0 Å². The van der Waals surface area contributed by atoms with Gasteiger partial charge in [-0.15, -0.1) is 0 Å². The molecule has 0 radical (unpaired) electrons. The maximum atomic E-state index is 12.2. The highest BCUT2D eigenvalue weighted by Gasteiger charge is 2.29. The van der Waals surface area contributed by atoms with Gasteiger partial charge in [0, 0.05) is 19.2 Å². The van der Waals surface area contributed by atoms with Crippen LogP contribution in [0.2, 0.25) is 0 Å². The number of hydrogen-bond acceptors (Lipinski definition) is 6. The minimum atomic E-state index is -3.06. The lowest BCUT2D eigenvalue weighted by molar-refractivity contribution is -0.131. The summed E-state index contributed by atoms with van der Waals surface area (Å²) in [5.74, 6) is 0.442. The summed E-state index contributed by atoms with van der Waals surface area (Å²) >= 11 is 0. The number of amides is 2. The fourth-order valence-corrected chi connectivity index (χ4v) is 4.40. The van der Waals surface area contributed by atoms with Crippen molar-refractivity contribution in [3.05, 3.63) is 29.8 Å². The van der Waals surface area contributed by atoms with E-state index in [9.17, 15) is 18.0 Å². The zero-order chi connectivity index (χ0) is 20.0. The second-order valence-corrected chi connectivity index (χ2v) is 8.54. The molecule has 9 heteroatoms. The summed E-state index contributed by atoms with van der Waals surface area (Å²) < 4.78 is 33.2. The molecule has 27 heavy (non-hydrogen) atoms. The van der Waals surface area contributed by atoms with Crippen molar-refractivity contribution in [1.82, 2.24) is 10.2 Å². The number of carbonyl (C=O) groups is 2. The molecular formula is C18H24N2O6S. The Hall–Kier alpha value is -2.55. The molecule has 0 aromatic heterocycles. The molecule has 0 unspecified atom stereocenters. The van der Waals surface area contributed by atoms with Crippen LogP contribution in [-0.4, -0.2) is 70.5 Å². The maximum Gasteiger partial charge on any atom is 0.246 e.